The van der Waals surface area contributed by atoms with E-state index in [4.69, 9.17) is 40.1 Å². The molecule has 13 nitrogen and oxygen atoms in total. The van der Waals surface area contributed by atoms with Gasteiger partial charge in [-0.15, -0.1) is 0 Å². The normalized spacial score (nSPS) is 15.4. The molecule has 2 N–H and O–H groups in total. The van der Waals surface area contributed by atoms with E-state index in [0.29, 0.717) is 53.6 Å². The van der Waals surface area contributed by atoms with Gasteiger partial charge in [0.1, 0.15) is 22.9 Å². The summed E-state index contributed by atoms with van der Waals surface area (Å²) >= 11 is 10.1. The van der Waals surface area contributed by atoms with E-state index in [2.05, 4.69) is 30.7 Å². The van der Waals surface area contributed by atoms with Crippen LogP contribution in [-0.2, 0) is 4.74 Å². The highest BCUT2D eigenvalue weighted by Crippen LogP contribution is 2.38. The van der Waals surface area contributed by atoms with Crippen LogP contribution in [0.15, 0.2) is 74.1 Å². The number of carbonyl (C=O) groups excluding carboxylic acids is 1. The molecule has 15 heteroatoms. The van der Waals surface area contributed by atoms with Crippen LogP contribution in [0.2, 0.25) is 5.02 Å². The molecule has 2 saturated heterocycles. The Kier molecular flexibility index (Phi) is 10.9. The molecule has 0 aliphatic carbocycles. The molecule has 52 heavy (non-hydrogen) atoms. The summed E-state index contributed by atoms with van der Waals surface area (Å²) in [7, 11) is 0. The van der Waals surface area contributed by atoms with Gasteiger partial charge in [-0.25, -0.2) is 19.4 Å². The number of amides is 1. The lowest BCUT2D eigenvalue weighted by atomic mass is 10.1. The van der Waals surface area contributed by atoms with Crippen molar-refractivity contribution >= 4 is 78.9 Å². The van der Waals surface area contributed by atoms with E-state index in [1.807, 2.05) is 57.2 Å². The highest BCUT2D eigenvalue weighted by molar-refractivity contribution is 9.10. The van der Waals surface area contributed by atoms with Gasteiger partial charge in [0.2, 0.25) is 17.4 Å². The van der Waals surface area contributed by atoms with Crippen molar-refractivity contribution < 1.29 is 42.9 Å². The average molecular weight is 798 g/mol. The Hall–Kier alpha value is -4.95. The summed E-state index contributed by atoms with van der Waals surface area (Å²) in [5.41, 5.74) is 2.30. The molecule has 2 aliphatic heterocycles. The number of fused-ring (bicyclic) bond motifs is 2. The van der Waals surface area contributed by atoms with Crippen LogP contribution in [0.5, 0.6) is 5.88 Å². The van der Waals surface area contributed by atoms with Crippen LogP contribution in [0.4, 0.5) is 16.2 Å². The molecule has 2 aromatic carbocycles. The van der Waals surface area contributed by atoms with E-state index in [0.717, 1.165) is 47.2 Å². The number of halogens is 2. The predicted octanol–water partition coefficient (Wildman–Crippen LogP) is 8.18. The van der Waals surface area contributed by atoms with Gasteiger partial charge in [0.05, 0.1) is 20.9 Å². The Morgan fingerprint density at radius 2 is 1.40 bits per heavy atom. The SMILES string of the molecule is CC(C)(C)OC(=O)N1CCN(c2ccc3oc(C(=O)O)cc3c2Cl)CC1.O=C(O)c1cc2c(Br)c(N3CCC(Oc4ccccn4)CC3)ccc2o1. The van der Waals surface area contributed by atoms with Crippen molar-refractivity contribution in [2.45, 2.75) is 45.3 Å². The van der Waals surface area contributed by atoms with Gasteiger partial charge in [-0.05, 0) is 67.0 Å². The highest BCUT2D eigenvalue weighted by Gasteiger charge is 2.28. The maximum Gasteiger partial charge on any atom is 0.410 e. The van der Waals surface area contributed by atoms with E-state index in [-0.39, 0.29) is 23.7 Å². The number of ether oxygens (including phenoxy) is 2. The number of hydrogen-bond donors (Lipinski definition) is 2. The van der Waals surface area contributed by atoms with E-state index in [1.165, 1.54) is 6.07 Å². The van der Waals surface area contributed by atoms with Gasteiger partial charge < -0.3 is 43.2 Å². The molecule has 0 saturated carbocycles. The Labute approximate surface area is 312 Å². The number of benzene rings is 2. The molecule has 3 aromatic heterocycles. The van der Waals surface area contributed by atoms with Gasteiger partial charge in [0.15, 0.2) is 0 Å². The van der Waals surface area contributed by atoms with E-state index in [1.54, 1.807) is 23.2 Å². The lowest BCUT2D eigenvalue weighted by molar-refractivity contribution is 0.0240. The molecule has 2 aliphatic rings. The highest BCUT2D eigenvalue weighted by atomic mass is 79.9. The number of aromatic carboxylic acids is 2. The molecule has 0 atom stereocenters. The minimum absolute atomic E-state index is 0.0553. The number of piperidine rings is 1. The van der Waals surface area contributed by atoms with Crippen LogP contribution in [0.25, 0.3) is 21.9 Å². The molecule has 0 spiro atoms. The first kappa shape index (κ1) is 36.8. The second kappa shape index (κ2) is 15.3. The average Bonchev–Trinajstić information content (AvgIpc) is 3.76. The number of carbonyl (C=O) groups is 3. The number of nitrogens with zero attached hydrogens (tertiary/aromatic N) is 4. The van der Waals surface area contributed by atoms with Crippen LogP contribution in [0.1, 0.15) is 54.7 Å². The molecule has 0 unspecified atom stereocenters. The molecule has 5 aromatic rings. The number of pyridine rings is 1. The minimum atomic E-state index is -1.13. The molecular weight excluding hydrogens is 760 g/mol. The standard InChI is InChI=1S/C19H17BrN2O4.C18H21ClN2O5/c20-18-13-11-16(19(23)24)26-15(13)5-4-14(18)22-9-6-12(7-10-22)25-17-3-1-2-8-21-17;1-18(2,3)26-17(24)21-8-6-20(7-9-21)12-4-5-13-11(15(12)19)10-14(25-13)16(22)23/h1-5,8,11-12H,6-7,9-10H2,(H,23,24);4-5,10H,6-9H2,1-3H3,(H,22,23). The predicted molar refractivity (Wildman–Crippen MR) is 199 cm³/mol. The van der Waals surface area contributed by atoms with Crippen molar-refractivity contribution in [2.75, 3.05) is 49.1 Å². The summed E-state index contributed by atoms with van der Waals surface area (Å²) in [6, 6.07) is 15.9. The van der Waals surface area contributed by atoms with Gasteiger partial charge in [0, 0.05) is 87.3 Å². The number of hydrogen-bond acceptors (Lipinski definition) is 10. The lowest BCUT2D eigenvalue weighted by Crippen LogP contribution is -2.50. The van der Waals surface area contributed by atoms with Crippen molar-refractivity contribution in [3.8, 4) is 5.88 Å². The number of anilines is 2. The molecule has 274 valence electrons. The molecule has 2 fully saturated rings. The third-order valence-electron chi connectivity index (χ3n) is 8.63. The third kappa shape index (κ3) is 8.39. The smallest absolute Gasteiger partial charge is 0.410 e. The lowest BCUT2D eigenvalue weighted by Gasteiger charge is -2.37. The minimum Gasteiger partial charge on any atom is -0.475 e. The summed E-state index contributed by atoms with van der Waals surface area (Å²) < 4.78 is 22.8. The number of carboxylic acids is 2. The summed E-state index contributed by atoms with van der Waals surface area (Å²) in [6.45, 7) is 9.48. The summed E-state index contributed by atoms with van der Waals surface area (Å²) in [5, 5.41) is 20.0. The number of furan rings is 2. The summed E-state index contributed by atoms with van der Waals surface area (Å²) in [4.78, 5) is 44.6. The fourth-order valence-electron chi connectivity index (χ4n) is 6.09. The van der Waals surface area contributed by atoms with Crippen molar-refractivity contribution in [2.24, 2.45) is 0 Å². The van der Waals surface area contributed by atoms with Gasteiger partial charge >= 0.3 is 18.0 Å². The quantitative estimate of drug-likeness (QED) is 0.170. The van der Waals surface area contributed by atoms with Gasteiger partial charge in [-0.2, -0.15) is 0 Å². The number of aromatic nitrogens is 1. The molecule has 7 rings (SSSR count). The first-order chi connectivity index (χ1) is 24.8. The fourth-order valence-corrected chi connectivity index (χ4v) is 7.11. The maximum absolute atomic E-state index is 12.2. The third-order valence-corrected chi connectivity index (χ3v) is 9.86. The molecular formula is C37H38BrClN4O9. The molecule has 0 radical (unpaired) electrons. The number of rotatable bonds is 6. The maximum atomic E-state index is 12.2. The van der Waals surface area contributed by atoms with E-state index >= 15 is 0 Å². The fraction of sp³-hybridized carbons (Fsp3) is 0.351. The molecule has 0 bridgehead atoms. The van der Waals surface area contributed by atoms with Crippen molar-refractivity contribution in [3.63, 3.8) is 0 Å². The van der Waals surface area contributed by atoms with E-state index in [9.17, 15) is 14.4 Å². The summed E-state index contributed by atoms with van der Waals surface area (Å²) in [5.74, 6) is -1.74. The zero-order chi connectivity index (χ0) is 37.2. The second-order valence-corrected chi connectivity index (χ2v) is 14.6. The van der Waals surface area contributed by atoms with Gasteiger partial charge in [0.25, 0.3) is 0 Å². The van der Waals surface area contributed by atoms with Crippen LogP contribution in [0, 0.1) is 0 Å². The topological polar surface area (TPSA) is 159 Å². The van der Waals surface area contributed by atoms with Crippen molar-refractivity contribution in [1.29, 1.82) is 0 Å². The van der Waals surface area contributed by atoms with Crippen LogP contribution in [-0.4, -0.2) is 89.1 Å². The molecule has 1 amide bonds. The largest absolute Gasteiger partial charge is 0.475 e. The zero-order valence-electron chi connectivity index (χ0n) is 28.8. The first-order valence-electron chi connectivity index (χ1n) is 16.7. The van der Waals surface area contributed by atoms with Crippen LogP contribution >= 0.6 is 27.5 Å². The Morgan fingerprint density at radius 3 is 1.98 bits per heavy atom. The Bertz CT molecular complexity index is 2080. The first-order valence-corrected chi connectivity index (χ1v) is 17.9. The van der Waals surface area contributed by atoms with Gasteiger partial charge in [-0.3, -0.25) is 0 Å². The van der Waals surface area contributed by atoms with Crippen LogP contribution < -0.4 is 14.5 Å². The second-order valence-electron chi connectivity index (χ2n) is 13.4. The Balaban J connectivity index is 0.000000179. The Morgan fingerprint density at radius 1 is 0.827 bits per heavy atom. The number of piperazine rings is 1. The zero-order valence-corrected chi connectivity index (χ0v) is 31.1. The van der Waals surface area contributed by atoms with Gasteiger partial charge in [-0.1, -0.05) is 17.7 Å². The molecule has 5 heterocycles. The van der Waals surface area contributed by atoms with Crippen molar-refractivity contribution in [1.82, 2.24) is 9.88 Å². The number of carboxylic acid groups (broad SMARTS) is 2. The van der Waals surface area contributed by atoms with Crippen molar-refractivity contribution in [3.05, 3.63) is 81.8 Å². The monoisotopic (exact) mass is 796 g/mol. The van der Waals surface area contributed by atoms with Crippen LogP contribution in [0.3, 0.4) is 0 Å². The van der Waals surface area contributed by atoms with E-state index < -0.39 is 17.5 Å². The summed E-state index contributed by atoms with van der Waals surface area (Å²) in [6.07, 6.45) is 3.35.